The minimum Gasteiger partial charge on any atom is -0.371 e. The highest BCUT2D eigenvalue weighted by Gasteiger charge is 2.19. The quantitative estimate of drug-likeness (QED) is 0.775. The van der Waals surface area contributed by atoms with E-state index in [1.807, 2.05) is 6.92 Å². The van der Waals surface area contributed by atoms with Crippen molar-refractivity contribution in [3.8, 4) is 0 Å². The molecule has 1 heterocycles. The summed E-state index contributed by atoms with van der Waals surface area (Å²) in [5.41, 5.74) is 1.14. The van der Waals surface area contributed by atoms with Crippen LogP contribution in [0.1, 0.15) is 68.3 Å². The maximum Gasteiger partial charge on any atom is 0.122 e. The van der Waals surface area contributed by atoms with Crippen LogP contribution in [0.25, 0.3) is 0 Å². The average molecular weight is 270 g/mol. The first-order valence-corrected chi connectivity index (χ1v) is 7.77. The molecule has 0 aliphatic rings. The van der Waals surface area contributed by atoms with Gasteiger partial charge in [0.05, 0.1) is 5.69 Å². The minimum atomic E-state index is 0.172. The van der Waals surface area contributed by atoms with E-state index in [0.29, 0.717) is 6.04 Å². The summed E-state index contributed by atoms with van der Waals surface area (Å²) in [5.74, 6) is 0. The van der Waals surface area contributed by atoms with Gasteiger partial charge in [0, 0.05) is 17.5 Å². The van der Waals surface area contributed by atoms with E-state index in [1.54, 1.807) is 11.3 Å². The first-order valence-electron chi connectivity index (χ1n) is 6.96. The lowest BCUT2D eigenvalue weighted by atomic mass is 10.2. The standard InChI is InChI=1S/C14H26N2OS/c1-6-9-12(17-8-3)14-16-11(5)13(18-14)10(4)15-7-2/h10,12,15H,6-9H2,1-5H3. The molecule has 0 spiro atoms. The van der Waals surface area contributed by atoms with E-state index in [0.717, 1.165) is 36.7 Å². The van der Waals surface area contributed by atoms with Crippen LogP contribution in [0, 0.1) is 6.92 Å². The van der Waals surface area contributed by atoms with Crippen LogP contribution in [-0.2, 0) is 4.74 Å². The second-order valence-electron chi connectivity index (χ2n) is 4.51. The molecule has 0 saturated carbocycles. The summed E-state index contributed by atoms with van der Waals surface area (Å²) >= 11 is 1.80. The van der Waals surface area contributed by atoms with Crippen molar-refractivity contribution in [3.63, 3.8) is 0 Å². The third kappa shape index (κ3) is 4.04. The van der Waals surface area contributed by atoms with Crippen LogP contribution in [-0.4, -0.2) is 18.1 Å². The lowest BCUT2D eigenvalue weighted by Crippen LogP contribution is -2.17. The predicted octanol–water partition coefficient (Wildman–Crippen LogP) is 4.00. The Morgan fingerprint density at radius 3 is 2.61 bits per heavy atom. The van der Waals surface area contributed by atoms with Crippen LogP contribution in [0.5, 0.6) is 0 Å². The number of ether oxygens (including phenoxy) is 1. The normalized spacial score (nSPS) is 14.7. The molecule has 0 aliphatic carbocycles. The third-order valence-electron chi connectivity index (χ3n) is 2.95. The first-order chi connectivity index (χ1) is 8.63. The van der Waals surface area contributed by atoms with Gasteiger partial charge in [0.25, 0.3) is 0 Å². The van der Waals surface area contributed by atoms with Crippen LogP contribution in [0.15, 0.2) is 0 Å². The van der Waals surface area contributed by atoms with Gasteiger partial charge in [0.2, 0.25) is 0 Å². The zero-order valence-corrected chi connectivity index (χ0v) is 13.1. The third-order valence-corrected chi connectivity index (χ3v) is 4.38. The highest BCUT2D eigenvalue weighted by Crippen LogP contribution is 2.32. The fourth-order valence-corrected chi connectivity index (χ4v) is 3.29. The second-order valence-corrected chi connectivity index (χ2v) is 5.58. The Labute approximate surface area is 115 Å². The van der Waals surface area contributed by atoms with Gasteiger partial charge in [-0.2, -0.15) is 0 Å². The molecule has 1 N–H and O–H groups in total. The van der Waals surface area contributed by atoms with Crippen molar-refractivity contribution in [2.24, 2.45) is 0 Å². The van der Waals surface area contributed by atoms with Crippen LogP contribution < -0.4 is 5.32 Å². The molecule has 0 bridgehead atoms. The molecule has 1 rings (SSSR count). The molecule has 1 aromatic rings. The molecule has 3 nitrogen and oxygen atoms in total. The number of aryl methyl sites for hydroxylation is 1. The smallest absolute Gasteiger partial charge is 0.122 e. The Morgan fingerprint density at radius 2 is 2.06 bits per heavy atom. The molecular weight excluding hydrogens is 244 g/mol. The highest BCUT2D eigenvalue weighted by atomic mass is 32.1. The Morgan fingerprint density at radius 1 is 1.33 bits per heavy atom. The molecule has 2 unspecified atom stereocenters. The SMILES string of the molecule is CCCC(OCC)c1nc(C)c(C(C)NCC)s1. The van der Waals surface area contributed by atoms with E-state index in [2.05, 4.69) is 33.0 Å². The Bertz CT molecular complexity index is 346. The van der Waals surface area contributed by atoms with Crippen molar-refractivity contribution in [1.29, 1.82) is 0 Å². The van der Waals surface area contributed by atoms with E-state index in [4.69, 9.17) is 9.72 Å². The molecule has 18 heavy (non-hydrogen) atoms. The molecule has 0 fully saturated rings. The predicted molar refractivity (Wildman–Crippen MR) is 78.2 cm³/mol. The van der Waals surface area contributed by atoms with Gasteiger partial charge in [-0.3, -0.25) is 0 Å². The Kier molecular flexibility index (Phi) is 6.82. The molecule has 104 valence electrons. The van der Waals surface area contributed by atoms with Gasteiger partial charge in [0.15, 0.2) is 0 Å². The van der Waals surface area contributed by atoms with E-state index in [1.165, 1.54) is 4.88 Å². The number of nitrogens with one attached hydrogen (secondary N) is 1. The summed E-state index contributed by atoms with van der Waals surface area (Å²) in [5, 5.41) is 4.58. The van der Waals surface area contributed by atoms with Gasteiger partial charge in [-0.15, -0.1) is 11.3 Å². The minimum absolute atomic E-state index is 0.172. The summed E-state index contributed by atoms with van der Waals surface area (Å²) < 4.78 is 5.80. The van der Waals surface area contributed by atoms with Gasteiger partial charge in [0.1, 0.15) is 11.1 Å². The van der Waals surface area contributed by atoms with Gasteiger partial charge in [-0.05, 0) is 33.7 Å². The zero-order valence-electron chi connectivity index (χ0n) is 12.2. The average Bonchev–Trinajstić information content (AvgIpc) is 2.71. The van der Waals surface area contributed by atoms with Gasteiger partial charge < -0.3 is 10.1 Å². The topological polar surface area (TPSA) is 34.1 Å². The number of hydrogen-bond acceptors (Lipinski definition) is 4. The Hall–Kier alpha value is -0.450. The highest BCUT2D eigenvalue weighted by molar-refractivity contribution is 7.11. The summed E-state index contributed by atoms with van der Waals surface area (Å²) in [7, 11) is 0. The van der Waals surface area contributed by atoms with Gasteiger partial charge >= 0.3 is 0 Å². The number of nitrogens with zero attached hydrogens (tertiary/aromatic N) is 1. The molecule has 2 atom stereocenters. The maximum atomic E-state index is 5.80. The van der Waals surface area contributed by atoms with Crippen molar-refractivity contribution in [3.05, 3.63) is 15.6 Å². The van der Waals surface area contributed by atoms with Crippen LogP contribution >= 0.6 is 11.3 Å². The molecular formula is C14H26N2OS. The molecule has 1 aromatic heterocycles. The van der Waals surface area contributed by atoms with E-state index in [-0.39, 0.29) is 6.10 Å². The molecule has 0 amide bonds. The number of rotatable bonds is 8. The lowest BCUT2D eigenvalue weighted by molar-refractivity contribution is 0.0554. The molecule has 0 radical (unpaired) electrons. The van der Waals surface area contributed by atoms with Crippen molar-refractivity contribution < 1.29 is 4.74 Å². The van der Waals surface area contributed by atoms with Crippen molar-refractivity contribution in [2.75, 3.05) is 13.2 Å². The van der Waals surface area contributed by atoms with E-state index in [9.17, 15) is 0 Å². The molecule has 0 aromatic carbocycles. The lowest BCUT2D eigenvalue weighted by Gasteiger charge is -2.13. The summed E-state index contributed by atoms with van der Waals surface area (Å²) in [6.45, 7) is 12.4. The largest absolute Gasteiger partial charge is 0.371 e. The monoisotopic (exact) mass is 270 g/mol. The van der Waals surface area contributed by atoms with Gasteiger partial charge in [-0.1, -0.05) is 20.3 Å². The van der Waals surface area contributed by atoms with E-state index < -0.39 is 0 Å². The van der Waals surface area contributed by atoms with Crippen LogP contribution in [0.4, 0.5) is 0 Å². The summed E-state index contributed by atoms with van der Waals surface area (Å²) in [6.07, 6.45) is 2.35. The van der Waals surface area contributed by atoms with Crippen molar-refractivity contribution >= 4 is 11.3 Å². The molecule has 4 heteroatoms. The second kappa shape index (κ2) is 7.87. The Balaban J connectivity index is 2.86. The summed E-state index contributed by atoms with van der Waals surface area (Å²) in [4.78, 5) is 6.05. The first kappa shape index (κ1) is 15.6. The fourth-order valence-electron chi connectivity index (χ4n) is 2.11. The number of hydrogen-bond donors (Lipinski definition) is 1. The number of aromatic nitrogens is 1. The zero-order chi connectivity index (χ0) is 13.5. The fraction of sp³-hybridized carbons (Fsp3) is 0.786. The molecule has 0 saturated heterocycles. The summed E-state index contributed by atoms with van der Waals surface area (Å²) in [6, 6.07) is 0.380. The van der Waals surface area contributed by atoms with Gasteiger partial charge in [-0.25, -0.2) is 4.98 Å². The van der Waals surface area contributed by atoms with Crippen LogP contribution in [0.2, 0.25) is 0 Å². The van der Waals surface area contributed by atoms with Crippen molar-refractivity contribution in [1.82, 2.24) is 10.3 Å². The maximum absolute atomic E-state index is 5.80. The van der Waals surface area contributed by atoms with Crippen molar-refractivity contribution in [2.45, 2.75) is 59.6 Å². The van der Waals surface area contributed by atoms with E-state index >= 15 is 0 Å². The van der Waals surface area contributed by atoms with Crippen LogP contribution in [0.3, 0.4) is 0 Å². The number of thiazole rings is 1. The molecule has 0 aliphatic heterocycles.